The van der Waals surface area contributed by atoms with Gasteiger partial charge in [-0.25, -0.2) is 0 Å². The fraction of sp³-hybridized carbons (Fsp3) is 0.0714. The van der Waals surface area contributed by atoms with Crippen LogP contribution in [0.4, 0.5) is 0 Å². The molecule has 0 saturated heterocycles. The molecule has 2 aromatic heterocycles. The van der Waals surface area contributed by atoms with Gasteiger partial charge in [-0.3, -0.25) is 4.98 Å². The molecule has 0 atom stereocenters. The number of fused-ring (bicyclic) bond motifs is 1. The molecular formula is C14H12N2O. The number of benzene rings is 1. The van der Waals surface area contributed by atoms with E-state index < -0.39 is 0 Å². The number of hydrogen-bond acceptors (Lipinski definition) is 3. The molecule has 0 spiro atoms. The fourth-order valence-corrected chi connectivity index (χ4v) is 1.87. The second kappa shape index (κ2) is 4.03. The van der Waals surface area contributed by atoms with E-state index in [4.69, 9.17) is 10.2 Å². The molecule has 0 bridgehead atoms. The minimum absolute atomic E-state index is 0.426. The maximum absolute atomic E-state index is 5.62. The lowest BCUT2D eigenvalue weighted by atomic mass is 10.1. The van der Waals surface area contributed by atoms with Gasteiger partial charge in [0.05, 0.1) is 12.1 Å². The number of furan rings is 1. The second-order valence-electron chi connectivity index (χ2n) is 3.88. The van der Waals surface area contributed by atoms with Gasteiger partial charge in [0.1, 0.15) is 11.5 Å². The molecule has 3 aromatic rings. The molecule has 0 aliphatic rings. The molecule has 0 aliphatic carbocycles. The average Bonchev–Trinajstić information content (AvgIpc) is 2.87. The molecule has 0 aliphatic heterocycles. The zero-order chi connectivity index (χ0) is 11.7. The smallest absolute Gasteiger partial charge is 0.134 e. The first kappa shape index (κ1) is 10.1. The highest BCUT2D eigenvalue weighted by Crippen LogP contribution is 2.25. The van der Waals surface area contributed by atoms with Gasteiger partial charge in [-0.1, -0.05) is 6.07 Å². The van der Waals surface area contributed by atoms with Crippen LogP contribution in [-0.4, -0.2) is 4.98 Å². The number of hydrogen-bond donors (Lipinski definition) is 1. The maximum atomic E-state index is 5.62. The third-order valence-electron chi connectivity index (χ3n) is 2.75. The Hall–Kier alpha value is -2.13. The van der Waals surface area contributed by atoms with Crippen LogP contribution >= 0.6 is 0 Å². The summed E-state index contributed by atoms with van der Waals surface area (Å²) in [5, 5.41) is 1.11. The van der Waals surface area contributed by atoms with Crippen LogP contribution in [0.25, 0.3) is 22.2 Å². The number of aromatic nitrogens is 1. The molecular weight excluding hydrogens is 212 g/mol. The number of pyridine rings is 1. The molecule has 0 fully saturated rings. The molecule has 84 valence electrons. The Balaban J connectivity index is 2.11. The van der Waals surface area contributed by atoms with Crippen molar-refractivity contribution < 1.29 is 4.42 Å². The van der Waals surface area contributed by atoms with Crippen LogP contribution in [0, 0.1) is 0 Å². The Kier molecular flexibility index (Phi) is 2.38. The third kappa shape index (κ3) is 1.81. The van der Waals surface area contributed by atoms with Gasteiger partial charge in [0.15, 0.2) is 0 Å². The highest BCUT2D eigenvalue weighted by atomic mass is 16.3. The van der Waals surface area contributed by atoms with E-state index >= 15 is 0 Å². The molecule has 3 heteroatoms. The van der Waals surface area contributed by atoms with Crippen LogP contribution in [0.5, 0.6) is 0 Å². The topological polar surface area (TPSA) is 52.0 Å². The standard InChI is InChI=1S/C14H12N2O/c15-9-12-4-6-14(17-12)11-3-5-13-10(8-11)2-1-7-16-13/h1-8H,9,15H2. The first-order chi connectivity index (χ1) is 8.36. The van der Waals surface area contributed by atoms with Crippen molar-refractivity contribution in [2.24, 2.45) is 5.73 Å². The largest absolute Gasteiger partial charge is 0.460 e. The summed E-state index contributed by atoms with van der Waals surface area (Å²) in [6.07, 6.45) is 1.79. The SMILES string of the molecule is NCc1ccc(-c2ccc3ncccc3c2)o1. The van der Waals surface area contributed by atoms with Gasteiger partial charge in [0.2, 0.25) is 0 Å². The van der Waals surface area contributed by atoms with Crippen LogP contribution in [-0.2, 0) is 6.54 Å². The quantitative estimate of drug-likeness (QED) is 0.728. The molecule has 0 radical (unpaired) electrons. The normalized spacial score (nSPS) is 10.9. The van der Waals surface area contributed by atoms with Gasteiger partial charge in [-0.15, -0.1) is 0 Å². The number of rotatable bonds is 2. The van der Waals surface area contributed by atoms with Crippen molar-refractivity contribution in [3.63, 3.8) is 0 Å². The van der Waals surface area contributed by atoms with Gasteiger partial charge in [0.25, 0.3) is 0 Å². The van der Waals surface area contributed by atoms with E-state index in [1.807, 2.05) is 36.4 Å². The minimum atomic E-state index is 0.426. The van der Waals surface area contributed by atoms with Crippen molar-refractivity contribution in [3.05, 3.63) is 54.4 Å². The van der Waals surface area contributed by atoms with Crippen LogP contribution in [0.2, 0.25) is 0 Å². The van der Waals surface area contributed by atoms with Gasteiger partial charge < -0.3 is 10.2 Å². The van der Waals surface area contributed by atoms with Gasteiger partial charge in [-0.05, 0) is 36.4 Å². The molecule has 3 nitrogen and oxygen atoms in total. The van der Waals surface area contributed by atoms with E-state index in [1.54, 1.807) is 6.20 Å². The summed E-state index contributed by atoms with van der Waals surface area (Å²) in [4.78, 5) is 4.29. The minimum Gasteiger partial charge on any atom is -0.460 e. The van der Waals surface area contributed by atoms with Crippen molar-refractivity contribution in [1.29, 1.82) is 0 Å². The predicted octanol–water partition coefficient (Wildman–Crippen LogP) is 2.95. The van der Waals surface area contributed by atoms with Crippen molar-refractivity contribution in [3.8, 4) is 11.3 Å². The van der Waals surface area contributed by atoms with Gasteiger partial charge in [-0.2, -0.15) is 0 Å². The fourth-order valence-electron chi connectivity index (χ4n) is 1.87. The monoisotopic (exact) mass is 224 g/mol. The molecule has 17 heavy (non-hydrogen) atoms. The molecule has 2 heterocycles. The molecule has 0 amide bonds. The summed E-state index contributed by atoms with van der Waals surface area (Å²) in [6, 6.07) is 13.9. The van der Waals surface area contributed by atoms with Crippen LogP contribution < -0.4 is 5.73 Å². The lowest BCUT2D eigenvalue weighted by Crippen LogP contribution is -1.92. The highest BCUT2D eigenvalue weighted by molar-refractivity contribution is 5.83. The first-order valence-corrected chi connectivity index (χ1v) is 5.51. The van der Waals surface area contributed by atoms with E-state index in [9.17, 15) is 0 Å². The summed E-state index contributed by atoms with van der Waals surface area (Å²) in [5.74, 6) is 1.64. The first-order valence-electron chi connectivity index (χ1n) is 5.51. The van der Waals surface area contributed by atoms with Gasteiger partial charge in [0, 0.05) is 17.1 Å². The van der Waals surface area contributed by atoms with Crippen LogP contribution in [0.3, 0.4) is 0 Å². The average molecular weight is 224 g/mol. The van der Waals surface area contributed by atoms with Crippen LogP contribution in [0.15, 0.2) is 53.1 Å². The Morgan fingerprint density at radius 2 is 2.06 bits per heavy atom. The molecule has 3 rings (SSSR count). The van der Waals surface area contributed by atoms with Crippen molar-refractivity contribution in [1.82, 2.24) is 4.98 Å². The summed E-state index contributed by atoms with van der Waals surface area (Å²) in [7, 11) is 0. The van der Waals surface area contributed by atoms with Crippen molar-refractivity contribution in [2.75, 3.05) is 0 Å². The van der Waals surface area contributed by atoms with Crippen LogP contribution in [0.1, 0.15) is 5.76 Å². The summed E-state index contributed by atoms with van der Waals surface area (Å²) in [5.41, 5.74) is 7.56. The van der Waals surface area contributed by atoms with E-state index in [1.165, 1.54) is 0 Å². The number of nitrogens with two attached hydrogens (primary N) is 1. The van der Waals surface area contributed by atoms with E-state index in [-0.39, 0.29) is 0 Å². The third-order valence-corrected chi connectivity index (χ3v) is 2.75. The Morgan fingerprint density at radius 1 is 1.12 bits per heavy atom. The van der Waals surface area contributed by atoms with E-state index in [0.29, 0.717) is 6.54 Å². The Labute approximate surface area is 98.9 Å². The zero-order valence-electron chi connectivity index (χ0n) is 9.26. The maximum Gasteiger partial charge on any atom is 0.134 e. The second-order valence-corrected chi connectivity index (χ2v) is 3.88. The zero-order valence-corrected chi connectivity index (χ0v) is 9.26. The lowest BCUT2D eigenvalue weighted by Gasteiger charge is -2.00. The summed E-state index contributed by atoms with van der Waals surface area (Å²) < 4.78 is 5.62. The number of nitrogens with zero attached hydrogens (tertiary/aromatic N) is 1. The molecule has 0 unspecified atom stereocenters. The Bertz CT molecular complexity index is 658. The lowest BCUT2D eigenvalue weighted by molar-refractivity contribution is 0.525. The highest BCUT2D eigenvalue weighted by Gasteiger charge is 2.04. The van der Waals surface area contributed by atoms with E-state index in [2.05, 4.69) is 11.1 Å². The molecule has 2 N–H and O–H groups in total. The predicted molar refractivity (Wildman–Crippen MR) is 67.3 cm³/mol. The molecule has 1 aromatic carbocycles. The summed E-state index contributed by atoms with van der Waals surface area (Å²) >= 11 is 0. The van der Waals surface area contributed by atoms with Crippen molar-refractivity contribution in [2.45, 2.75) is 6.54 Å². The molecule has 0 saturated carbocycles. The Morgan fingerprint density at radius 3 is 2.88 bits per heavy atom. The van der Waals surface area contributed by atoms with Crippen molar-refractivity contribution >= 4 is 10.9 Å². The summed E-state index contributed by atoms with van der Waals surface area (Å²) in [6.45, 7) is 0.426. The van der Waals surface area contributed by atoms with Gasteiger partial charge >= 0.3 is 0 Å². The van der Waals surface area contributed by atoms with E-state index in [0.717, 1.165) is 28.0 Å².